The normalized spacial score (nSPS) is 10.7. The van der Waals surface area contributed by atoms with Gasteiger partial charge < -0.3 is 5.32 Å². The first-order valence-corrected chi connectivity index (χ1v) is 7.32. The molecule has 2 heterocycles. The van der Waals surface area contributed by atoms with Gasteiger partial charge in [-0.25, -0.2) is 0 Å². The van der Waals surface area contributed by atoms with Gasteiger partial charge in [-0.1, -0.05) is 36.4 Å². The molecule has 0 unspecified atom stereocenters. The molecule has 7 nitrogen and oxygen atoms in total. The molecule has 0 radical (unpaired) electrons. The summed E-state index contributed by atoms with van der Waals surface area (Å²) in [7, 11) is 0. The number of carbonyl (C=O) groups excluding carboxylic acids is 1. The van der Waals surface area contributed by atoms with Crippen molar-refractivity contribution in [2.45, 2.75) is 0 Å². The van der Waals surface area contributed by atoms with Crippen LogP contribution in [0.1, 0.15) is 10.6 Å². The molecule has 2 aromatic carbocycles. The number of hydrogen-bond acceptors (Lipinski definition) is 5. The van der Waals surface area contributed by atoms with E-state index in [9.17, 15) is 4.79 Å². The molecule has 0 aliphatic heterocycles. The Hall–Kier alpha value is -3.61. The number of aromatic nitrogens is 5. The van der Waals surface area contributed by atoms with Gasteiger partial charge >= 0.3 is 0 Å². The van der Waals surface area contributed by atoms with Gasteiger partial charge in [0.15, 0.2) is 0 Å². The molecule has 4 aromatic rings. The van der Waals surface area contributed by atoms with Gasteiger partial charge in [0.2, 0.25) is 0 Å². The first-order chi connectivity index (χ1) is 11.8. The lowest BCUT2D eigenvalue weighted by Crippen LogP contribution is -2.14. The highest BCUT2D eigenvalue weighted by Crippen LogP contribution is 2.20. The van der Waals surface area contributed by atoms with Crippen LogP contribution in [-0.4, -0.2) is 31.1 Å². The van der Waals surface area contributed by atoms with Crippen LogP contribution in [-0.2, 0) is 0 Å². The minimum atomic E-state index is -0.435. The Morgan fingerprint density at radius 2 is 1.79 bits per heavy atom. The van der Waals surface area contributed by atoms with Crippen molar-refractivity contribution < 1.29 is 4.79 Å². The second-order valence-electron chi connectivity index (χ2n) is 5.07. The van der Waals surface area contributed by atoms with Crippen molar-refractivity contribution in [1.82, 2.24) is 25.2 Å². The molecule has 0 atom stereocenters. The Morgan fingerprint density at radius 1 is 0.958 bits per heavy atom. The number of hydrogen-bond donors (Lipinski definition) is 1. The van der Waals surface area contributed by atoms with E-state index in [1.54, 1.807) is 12.3 Å². The second-order valence-corrected chi connectivity index (χ2v) is 5.07. The van der Waals surface area contributed by atoms with E-state index in [1.165, 1.54) is 4.80 Å². The van der Waals surface area contributed by atoms with Gasteiger partial charge in [-0.3, -0.25) is 9.78 Å². The number of benzene rings is 2. The molecule has 0 aliphatic carbocycles. The van der Waals surface area contributed by atoms with Crippen molar-refractivity contribution in [3.63, 3.8) is 0 Å². The number of rotatable bonds is 3. The van der Waals surface area contributed by atoms with Crippen molar-refractivity contribution in [1.29, 1.82) is 0 Å². The van der Waals surface area contributed by atoms with Crippen LogP contribution in [0.2, 0.25) is 0 Å². The molecular weight excluding hydrogens is 304 g/mol. The number of fused-ring (bicyclic) bond motifs is 1. The molecule has 1 amide bonds. The molecule has 2 aromatic heterocycles. The van der Waals surface area contributed by atoms with Crippen molar-refractivity contribution in [3.8, 4) is 5.69 Å². The fraction of sp³-hybridized carbons (Fsp3) is 0. The average molecular weight is 316 g/mol. The third kappa shape index (κ3) is 2.58. The summed E-state index contributed by atoms with van der Waals surface area (Å²) in [6, 6.07) is 18.6. The van der Waals surface area contributed by atoms with E-state index in [1.807, 2.05) is 54.6 Å². The lowest BCUT2D eigenvalue weighted by molar-refractivity contribution is 0.101. The summed E-state index contributed by atoms with van der Waals surface area (Å²) >= 11 is 0. The van der Waals surface area contributed by atoms with E-state index in [-0.39, 0.29) is 5.82 Å². The number of para-hydroxylation sites is 2. The lowest BCUT2D eigenvalue weighted by atomic mass is 10.2. The summed E-state index contributed by atoms with van der Waals surface area (Å²) in [4.78, 5) is 18.0. The number of nitrogens with one attached hydrogen (secondary N) is 1. The van der Waals surface area contributed by atoms with Crippen LogP contribution in [0.25, 0.3) is 16.6 Å². The van der Waals surface area contributed by atoms with Gasteiger partial charge in [0.25, 0.3) is 11.7 Å². The van der Waals surface area contributed by atoms with Crippen LogP contribution in [0.5, 0.6) is 0 Å². The smallest absolute Gasteiger partial charge is 0.297 e. The number of anilines is 1. The maximum Gasteiger partial charge on any atom is 0.297 e. The number of carbonyl (C=O) groups is 1. The highest BCUT2D eigenvalue weighted by molar-refractivity contribution is 6.06. The van der Waals surface area contributed by atoms with Gasteiger partial charge in [-0.05, 0) is 29.5 Å². The zero-order chi connectivity index (χ0) is 16.4. The molecule has 0 bridgehead atoms. The SMILES string of the molecule is O=C(Nc1cccc2cccnc12)c1nnn(-c2ccccc2)n1. The molecule has 0 saturated carbocycles. The van der Waals surface area contributed by atoms with Gasteiger partial charge in [0.05, 0.1) is 16.9 Å². The van der Waals surface area contributed by atoms with Crippen LogP contribution in [0.3, 0.4) is 0 Å². The summed E-state index contributed by atoms with van der Waals surface area (Å²) < 4.78 is 0. The molecule has 24 heavy (non-hydrogen) atoms. The summed E-state index contributed by atoms with van der Waals surface area (Å²) in [6.07, 6.45) is 1.68. The van der Waals surface area contributed by atoms with Crippen LogP contribution in [0, 0.1) is 0 Å². The summed E-state index contributed by atoms with van der Waals surface area (Å²) in [6.45, 7) is 0. The van der Waals surface area contributed by atoms with Crippen LogP contribution in [0.4, 0.5) is 5.69 Å². The minimum Gasteiger partial charge on any atom is -0.317 e. The van der Waals surface area contributed by atoms with Gasteiger partial charge in [0, 0.05) is 11.6 Å². The van der Waals surface area contributed by atoms with Crippen LogP contribution in [0.15, 0.2) is 66.9 Å². The molecule has 1 N–H and O–H groups in total. The Kier molecular flexibility index (Phi) is 3.43. The van der Waals surface area contributed by atoms with Crippen molar-refractivity contribution >= 4 is 22.5 Å². The third-order valence-corrected chi connectivity index (χ3v) is 3.48. The number of tetrazole rings is 1. The van der Waals surface area contributed by atoms with Gasteiger partial charge in [0.1, 0.15) is 0 Å². The summed E-state index contributed by atoms with van der Waals surface area (Å²) in [5, 5.41) is 15.6. The van der Waals surface area contributed by atoms with Crippen molar-refractivity contribution in [3.05, 3.63) is 72.7 Å². The third-order valence-electron chi connectivity index (χ3n) is 3.48. The Balaban J connectivity index is 1.62. The summed E-state index contributed by atoms with van der Waals surface area (Å²) in [5.74, 6) is -0.442. The fourth-order valence-electron chi connectivity index (χ4n) is 2.36. The maximum absolute atomic E-state index is 12.4. The molecule has 7 heteroatoms. The highest BCUT2D eigenvalue weighted by Gasteiger charge is 2.15. The Labute approximate surface area is 137 Å². The molecule has 4 rings (SSSR count). The molecule has 116 valence electrons. The standard InChI is InChI=1S/C17H12N6O/c24-17(16-20-22-23(21-16)13-8-2-1-3-9-13)19-14-10-4-6-12-7-5-11-18-15(12)14/h1-11H,(H,19,24). The zero-order valence-electron chi connectivity index (χ0n) is 12.5. The average Bonchev–Trinajstić information content (AvgIpc) is 3.13. The second kappa shape index (κ2) is 5.88. The molecular formula is C17H12N6O. The first kappa shape index (κ1) is 14.0. The maximum atomic E-state index is 12.4. The van der Waals surface area contributed by atoms with Crippen molar-refractivity contribution in [2.24, 2.45) is 0 Å². The van der Waals surface area contributed by atoms with E-state index < -0.39 is 5.91 Å². The zero-order valence-corrected chi connectivity index (χ0v) is 12.5. The molecule has 0 fully saturated rings. The van der Waals surface area contributed by atoms with E-state index in [0.29, 0.717) is 11.2 Å². The van der Waals surface area contributed by atoms with Crippen LogP contribution >= 0.6 is 0 Å². The fourth-order valence-corrected chi connectivity index (χ4v) is 2.36. The van der Waals surface area contributed by atoms with E-state index in [0.717, 1.165) is 11.1 Å². The topological polar surface area (TPSA) is 85.6 Å². The summed E-state index contributed by atoms with van der Waals surface area (Å²) in [5.41, 5.74) is 2.05. The number of pyridine rings is 1. The van der Waals surface area contributed by atoms with E-state index >= 15 is 0 Å². The molecule has 0 saturated heterocycles. The first-order valence-electron chi connectivity index (χ1n) is 7.32. The quantitative estimate of drug-likeness (QED) is 0.627. The van der Waals surface area contributed by atoms with E-state index in [2.05, 4.69) is 25.7 Å². The Bertz CT molecular complexity index is 1010. The van der Waals surface area contributed by atoms with E-state index in [4.69, 9.17) is 0 Å². The minimum absolute atomic E-state index is 0.00760. The molecule has 0 spiro atoms. The molecule has 0 aliphatic rings. The van der Waals surface area contributed by atoms with Crippen LogP contribution < -0.4 is 5.32 Å². The largest absolute Gasteiger partial charge is 0.317 e. The predicted octanol–water partition coefficient (Wildman–Crippen LogP) is 2.46. The lowest BCUT2D eigenvalue weighted by Gasteiger charge is -2.05. The van der Waals surface area contributed by atoms with Gasteiger partial charge in [-0.15, -0.1) is 15.0 Å². The Morgan fingerprint density at radius 3 is 2.67 bits per heavy atom. The predicted molar refractivity (Wildman–Crippen MR) is 88.9 cm³/mol. The monoisotopic (exact) mass is 316 g/mol. The highest BCUT2D eigenvalue weighted by atomic mass is 16.2. The number of nitrogens with zero attached hydrogens (tertiary/aromatic N) is 5. The number of amides is 1. The van der Waals surface area contributed by atoms with Crippen molar-refractivity contribution in [2.75, 3.05) is 5.32 Å². The van der Waals surface area contributed by atoms with Gasteiger partial charge in [-0.2, -0.15) is 0 Å².